The highest BCUT2D eigenvalue weighted by Crippen LogP contribution is 2.24. The fraction of sp³-hybridized carbons (Fsp3) is 0.308. The molecule has 1 aliphatic rings. The second-order valence-corrected chi connectivity index (χ2v) is 4.17. The zero-order valence-electron chi connectivity index (χ0n) is 9.47. The van der Waals surface area contributed by atoms with E-state index in [0.29, 0.717) is 0 Å². The van der Waals surface area contributed by atoms with Crippen LogP contribution in [0, 0.1) is 0 Å². The molecule has 3 rings (SSSR count). The first-order valence-corrected chi connectivity index (χ1v) is 5.74. The monoisotopic (exact) mass is 230 g/mol. The lowest BCUT2D eigenvalue weighted by Gasteiger charge is -2.29. The Kier molecular flexibility index (Phi) is 2.57. The molecular formula is C13H14N2O2. The minimum Gasteiger partial charge on any atom is -0.506 e. The van der Waals surface area contributed by atoms with Crippen molar-refractivity contribution in [2.75, 3.05) is 31.2 Å². The maximum absolute atomic E-state index is 9.44. The van der Waals surface area contributed by atoms with Gasteiger partial charge in [-0.05, 0) is 24.3 Å². The number of hydrogen-bond acceptors (Lipinski definition) is 4. The van der Waals surface area contributed by atoms with Crippen molar-refractivity contribution in [3.05, 3.63) is 30.5 Å². The number of pyridine rings is 1. The molecule has 2 heterocycles. The zero-order valence-corrected chi connectivity index (χ0v) is 9.47. The fourth-order valence-electron chi connectivity index (χ4n) is 2.13. The summed E-state index contributed by atoms with van der Waals surface area (Å²) in [6.07, 6.45) is 1.47. The summed E-state index contributed by atoms with van der Waals surface area (Å²) in [7, 11) is 0. The van der Waals surface area contributed by atoms with Crippen molar-refractivity contribution in [2.45, 2.75) is 0 Å². The fourth-order valence-corrected chi connectivity index (χ4v) is 2.13. The molecule has 1 saturated heterocycles. The molecule has 0 saturated carbocycles. The second kappa shape index (κ2) is 4.22. The number of anilines is 1. The molecule has 4 heteroatoms. The van der Waals surface area contributed by atoms with Crippen molar-refractivity contribution in [2.24, 2.45) is 0 Å². The van der Waals surface area contributed by atoms with Gasteiger partial charge in [0.15, 0.2) is 0 Å². The SMILES string of the molecule is Oc1cnc2ccc(N3CCOCC3)cc2c1. The minimum atomic E-state index is 0.205. The van der Waals surface area contributed by atoms with Crippen LogP contribution in [0.15, 0.2) is 30.5 Å². The van der Waals surface area contributed by atoms with Gasteiger partial charge in [0.05, 0.1) is 24.9 Å². The summed E-state index contributed by atoms with van der Waals surface area (Å²) in [5.41, 5.74) is 2.06. The van der Waals surface area contributed by atoms with Crippen LogP contribution in [0.3, 0.4) is 0 Å². The molecule has 17 heavy (non-hydrogen) atoms. The average molecular weight is 230 g/mol. The number of aromatic hydroxyl groups is 1. The van der Waals surface area contributed by atoms with E-state index in [1.165, 1.54) is 6.20 Å². The Morgan fingerprint density at radius 2 is 2.00 bits per heavy atom. The number of fused-ring (bicyclic) bond motifs is 1. The summed E-state index contributed by atoms with van der Waals surface area (Å²) in [4.78, 5) is 6.46. The van der Waals surface area contributed by atoms with E-state index in [4.69, 9.17) is 4.74 Å². The molecule has 0 atom stereocenters. The number of benzene rings is 1. The van der Waals surface area contributed by atoms with Crippen molar-refractivity contribution >= 4 is 16.6 Å². The molecule has 2 aromatic rings. The summed E-state index contributed by atoms with van der Waals surface area (Å²) >= 11 is 0. The third kappa shape index (κ3) is 2.03. The normalized spacial score (nSPS) is 16.4. The van der Waals surface area contributed by atoms with Crippen LogP contribution in [0.5, 0.6) is 5.75 Å². The predicted molar refractivity (Wildman–Crippen MR) is 66.4 cm³/mol. The number of aromatic nitrogens is 1. The van der Waals surface area contributed by atoms with Crippen LogP contribution < -0.4 is 4.90 Å². The topological polar surface area (TPSA) is 45.6 Å². The standard InChI is InChI=1S/C13H14N2O2/c16-12-8-10-7-11(1-2-13(10)14-9-12)15-3-5-17-6-4-15/h1-2,7-9,16H,3-6H2. The first-order chi connectivity index (χ1) is 8.33. The summed E-state index contributed by atoms with van der Waals surface area (Å²) in [5.74, 6) is 0.205. The molecule has 1 N–H and O–H groups in total. The minimum absolute atomic E-state index is 0.205. The van der Waals surface area contributed by atoms with Gasteiger partial charge in [-0.3, -0.25) is 4.98 Å². The van der Waals surface area contributed by atoms with Crippen molar-refractivity contribution in [1.29, 1.82) is 0 Å². The third-order valence-corrected chi connectivity index (χ3v) is 3.03. The van der Waals surface area contributed by atoms with Gasteiger partial charge >= 0.3 is 0 Å². The number of nitrogens with zero attached hydrogens (tertiary/aromatic N) is 2. The maximum atomic E-state index is 9.44. The molecule has 88 valence electrons. The lowest BCUT2D eigenvalue weighted by molar-refractivity contribution is 0.122. The van der Waals surface area contributed by atoms with Crippen LogP contribution in [0.4, 0.5) is 5.69 Å². The van der Waals surface area contributed by atoms with Gasteiger partial charge in [-0.1, -0.05) is 0 Å². The van der Waals surface area contributed by atoms with Crippen LogP contribution in [0.2, 0.25) is 0 Å². The van der Waals surface area contributed by atoms with E-state index < -0.39 is 0 Å². The first-order valence-electron chi connectivity index (χ1n) is 5.74. The van der Waals surface area contributed by atoms with E-state index in [2.05, 4.69) is 22.0 Å². The smallest absolute Gasteiger partial charge is 0.134 e. The van der Waals surface area contributed by atoms with Gasteiger partial charge in [0.25, 0.3) is 0 Å². The van der Waals surface area contributed by atoms with Gasteiger partial charge in [0.2, 0.25) is 0 Å². The first kappa shape index (κ1) is 10.4. The van der Waals surface area contributed by atoms with Gasteiger partial charge in [0, 0.05) is 24.2 Å². The largest absolute Gasteiger partial charge is 0.506 e. The van der Waals surface area contributed by atoms with Crippen LogP contribution in [-0.4, -0.2) is 36.4 Å². The molecule has 1 fully saturated rings. The van der Waals surface area contributed by atoms with Gasteiger partial charge in [0.1, 0.15) is 5.75 Å². The van der Waals surface area contributed by atoms with Crippen molar-refractivity contribution < 1.29 is 9.84 Å². The molecule has 0 amide bonds. The lowest BCUT2D eigenvalue weighted by Crippen LogP contribution is -2.36. The number of hydrogen-bond donors (Lipinski definition) is 1. The Hall–Kier alpha value is -1.81. The summed E-state index contributed by atoms with van der Waals surface area (Å²) < 4.78 is 5.33. The molecule has 0 aliphatic carbocycles. The lowest BCUT2D eigenvalue weighted by atomic mass is 10.1. The molecule has 0 spiro atoms. The summed E-state index contributed by atoms with van der Waals surface area (Å²) in [5, 5.41) is 10.4. The average Bonchev–Trinajstić information content (AvgIpc) is 2.39. The molecule has 0 radical (unpaired) electrons. The highest BCUT2D eigenvalue weighted by Gasteiger charge is 2.11. The van der Waals surface area contributed by atoms with Crippen molar-refractivity contribution in [3.63, 3.8) is 0 Å². The molecule has 0 unspecified atom stereocenters. The number of ether oxygens (including phenoxy) is 1. The van der Waals surface area contributed by atoms with Crippen molar-refractivity contribution in [1.82, 2.24) is 4.98 Å². The third-order valence-electron chi connectivity index (χ3n) is 3.03. The van der Waals surface area contributed by atoms with Gasteiger partial charge in [-0.2, -0.15) is 0 Å². The second-order valence-electron chi connectivity index (χ2n) is 4.17. The van der Waals surface area contributed by atoms with Crippen LogP contribution in [0.25, 0.3) is 10.9 Å². The highest BCUT2D eigenvalue weighted by atomic mass is 16.5. The van der Waals surface area contributed by atoms with Crippen LogP contribution in [0.1, 0.15) is 0 Å². The van der Waals surface area contributed by atoms with E-state index >= 15 is 0 Å². The van der Waals surface area contributed by atoms with E-state index in [9.17, 15) is 5.11 Å². The van der Waals surface area contributed by atoms with E-state index in [1.807, 2.05) is 6.07 Å². The van der Waals surface area contributed by atoms with E-state index in [-0.39, 0.29) is 5.75 Å². The summed E-state index contributed by atoms with van der Waals surface area (Å²) in [6.45, 7) is 3.38. The molecular weight excluding hydrogens is 216 g/mol. The molecule has 4 nitrogen and oxygen atoms in total. The molecule has 1 aromatic heterocycles. The number of rotatable bonds is 1. The Bertz CT molecular complexity index is 536. The Labute approximate surface area is 99.5 Å². The molecule has 1 aliphatic heterocycles. The van der Waals surface area contributed by atoms with E-state index in [0.717, 1.165) is 42.9 Å². The Morgan fingerprint density at radius 1 is 1.18 bits per heavy atom. The quantitative estimate of drug-likeness (QED) is 0.811. The van der Waals surface area contributed by atoms with Crippen LogP contribution in [-0.2, 0) is 4.74 Å². The molecule has 0 bridgehead atoms. The van der Waals surface area contributed by atoms with Crippen molar-refractivity contribution in [3.8, 4) is 5.75 Å². The highest BCUT2D eigenvalue weighted by molar-refractivity contribution is 5.83. The zero-order chi connectivity index (χ0) is 11.7. The summed E-state index contributed by atoms with van der Waals surface area (Å²) in [6, 6.07) is 7.86. The van der Waals surface area contributed by atoms with E-state index in [1.54, 1.807) is 6.07 Å². The Balaban J connectivity index is 1.99. The Morgan fingerprint density at radius 3 is 2.82 bits per heavy atom. The predicted octanol–water partition coefficient (Wildman–Crippen LogP) is 1.78. The van der Waals surface area contributed by atoms with Gasteiger partial charge in [-0.25, -0.2) is 0 Å². The van der Waals surface area contributed by atoms with Crippen LogP contribution >= 0.6 is 0 Å². The van der Waals surface area contributed by atoms with Gasteiger partial charge < -0.3 is 14.7 Å². The molecule has 1 aromatic carbocycles. The number of morpholine rings is 1. The maximum Gasteiger partial charge on any atom is 0.134 e. The van der Waals surface area contributed by atoms with Gasteiger partial charge in [-0.15, -0.1) is 0 Å².